The number of rotatable bonds is 5. The molecular formula is C15H24FIOSi. The first-order valence-electron chi connectivity index (χ1n) is 6.66. The van der Waals surface area contributed by atoms with E-state index in [4.69, 9.17) is 4.43 Å². The largest absolute Gasteiger partial charge is 0.410 e. The molecule has 0 aliphatic carbocycles. The molecule has 0 N–H and O–H groups in total. The van der Waals surface area contributed by atoms with Crippen LogP contribution in [0.3, 0.4) is 0 Å². The Morgan fingerprint density at radius 2 is 1.74 bits per heavy atom. The maximum Gasteiger partial charge on any atom is 0.192 e. The van der Waals surface area contributed by atoms with Crippen molar-refractivity contribution in [2.24, 2.45) is 0 Å². The van der Waals surface area contributed by atoms with Crippen molar-refractivity contribution in [1.29, 1.82) is 0 Å². The number of hydrogen-bond donors (Lipinski definition) is 0. The molecule has 19 heavy (non-hydrogen) atoms. The summed E-state index contributed by atoms with van der Waals surface area (Å²) in [6, 6.07) is 6.73. The van der Waals surface area contributed by atoms with Crippen molar-refractivity contribution in [1.82, 2.24) is 0 Å². The summed E-state index contributed by atoms with van der Waals surface area (Å²) in [6.45, 7) is 11.2. The average Bonchev–Trinajstić information content (AvgIpc) is 2.27. The van der Waals surface area contributed by atoms with Gasteiger partial charge in [-0.2, -0.15) is 0 Å². The van der Waals surface area contributed by atoms with Crippen LogP contribution in [0.25, 0.3) is 0 Å². The van der Waals surface area contributed by atoms with E-state index in [9.17, 15) is 4.39 Å². The Morgan fingerprint density at radius 1 is 1.21 bits per heavy atom. The van der Waals surface area contributed by atoms with Crippen molar-refractivity contribution in [2.75, 3.05) is 4.43 Å². The molecule has 0 radical (unpaired) electrons. The molecule has 0 fully saturated rings. The molecule has 1 rings (SSSR count). The molecule has 1 aromatic carbocycles. The van der Waals surface area contributed by atoms with Crippen LogP contribution in [0.2, 0.25) is 18.1 Å². The van der Waals surface area contributed by atoms with Crippen molar-refractivity contribution in [3.8, 4) is 0 Å². The van der Waals surface area contributed by atoms with Gasteiger partial charge in [0.25, 0.3) is 0 Å². The van der Waals surface area contributed by atoms with Gasteiger partial charge in [-0.25, -0.2) is 4.39 Å². The molecule has 0 aliphatic rings. The summed E-state index contributed by atoms with van der Waals surface area (Å²) in [5, 5.41) is 0.191. The third-order valence-corrected chi connectivity index (χ3v) is 8.97. The van der Waals surface area contributed by atoms with Crippen LogP contribution < -0.4 is 0 Å². The van der Waals surface area contributed by atoms with Crippen LogP contribution in [0.1, 0.15) is 38.9 Å². The van der Waals surface area contributed by atoms with Gasteiger partial charge in [-0.05, 0) is 42.2 Å². The predicted octanol–water partition coefficient (Wildman–Crippen LogP) is 5.71. The van der Waals surface area contributed by atoms with Gasteiger partial charge in [0.2, 0.25) is 0 Å². The molecule has 0 heterocycles. The fourth-order valence-corrected chi connectivity index (χ4v) is 3.49. The highest BCUT2D eigenvalue weighted by atomic mass is 127. The van der Waals surface area contributed by atoms with Gasteiger partial charge in [-0.1, -0.05) is 55.5 Å². The van der Waals surface area contributed by atoms with Crippen LogP contribution in [0.5, 0.6) is 0 Å². The lowest BCUT2D eigenvalue weighted by Gasteiger charge is -2.39. The fraction of sp³-hybridized carbons (Fsp3) is 0.600. The fourth-order valence-electron chi connectivity index (χ4n) is 1.60. The standard InChI is InChI=1S/C15H24FIOSi/c1-15(2,3)19(4,5)18-14(10-11-17)12-6-8-13(16)9-7-12/h6-9,14H,10-11H2,1-5H3/t14-/m0/s1. The zero-order valence-electron chi connectivity index (χ0n) is 12.5. The van der Waals surface area contributed by atoms with Gasteiger partial charge in [-0.3, -0.25) is 0 Å². The lowest BCUT2D eigenvalue weighted by Crippen LogP contribution is -2.41. The van der Waals surface area contributed by atoms with Crippen LogP contribution in [-0.2, 0) is 4.43 Å². The molecule has 0 unspecified atom stereocenters. The molecule has 0 aliphatic heterocycles. The molecule has 0 saturated heterocycles. The molecule has 4 heteroatoms. The molecule has 1 aromatic rings. The third kappa shape index (κ3) is 4.83. The van der Waals surface area contributed by atoms with Crippen LogP contribution in [0, 0.1) is 5.82 Å². The van der Waals surface area contributed by atoms with E-state index in [-0.39, 0.29) is 17.0 Å². The summed E-state index contributed by atoms with van der Waals surface area (Å²) >= 11 is 2.37. The zero-order chi connectivity index (χ0) is 14.7. The Balaban J connectivity index is 2.93. The molecule has 0 spiro atoms. The van der Waals surface area contributed by atoms with Crippen LogP contribution in [0.4, 0.5) is 4.39 Å². The Bertz CT molecular complexity index is 398. The Hall–Kier alpha value is 0.0569. The monoisotopic (exact) mass is 394 g/mol. The van der Waals surface area contributed by atoms with E-state index >= 15 is 0 Å². The summed E-state index contributed by atoms with van der Waals surface area (Å²) < 4.78 is 20.5. The van der Waals surface area contributed by atoms with Gasteiger partial charge >= 0.3 is 0 Å². The van der Waals surface area contributed by atoms with Gasteiger partial charge in [0.15, 0.2) is 8.32 Å². The quantitative estimate of drug-likeness (QED) is 0.353. The van der Waals surface area contributed by atoms with E-state index in [2.05, 4.69) is 56.5 Å². The van der Waals surface area contributed by atoms with Gasteiger partial charge in [0, 0.05) is 4.43 Å². The highest BCUT2D eigenvalue weighted by Gasteiger charge is 2.39. The summed E-state index contributed by atoms with van der Waals surface area (Å²) in [6.07, 6.45) is 1.05. The molecule has 1 nitrogen and oxygen atoms in total. The molecule has 0 saturated carbocycles. The summed E-state index contributed by atoms with van der Waals surface area (Å²) in [5.74, 6) is -0.190. The molecular weight excluding hydrogens is 370 g/mol. The summed E-state index contributed by atoms with van der Waals surface area (Å²) in [5.41, 5.74) is 1.09. The number of alkyl halides is 1. The van der Waals surface area contributed by atoms with Crippen LogP contribution >= 0.6 is 22.6 Å². The second kappa shape index (κ2) is 6.67. The van der Waals surface area contributed by atoms with Gasteiger partial charge in [0.1, 0.15) is 5.82 Å². The zero-order valence-corrected chi connectivity index (χ0v) is 15.6. The number of benzene rings is 1. The normalized spacial score (nSPS) is 14.5. The van der Waals surface area contributed by atoms with Crippen molar-refractivity contribution < 1.29 is 8.82 Å². The first kappa shape index (κ1) is 17.1. The highest BCUT2D eigenvalue weighted by molar-refractivity contribution is 14.1. The van der Waals surface area contributed by atoms with Gasteiger partial charge in [-0.15, -0.1) is 0 Å². The van der Waals surface area contributed by atoms with E-state index in [1.165, 1.54) is 12.1 Å². The van der Waals surface area contributed by atoms with E-state index < -0.39 is 8.32 Å². The van der Waals surface area contributed by atoms with Crippen molar-refractivity contribution in [3.05, 3.63) is 35.6 Å². The summed E-state index contributed by atoms with van der Waals surface area (Å²) in [7, 11) is -1.80. The first-order valence-corrected chi connectivity index (χ1v) is 11.1. The second-order valence-electron chi connectivity index (χ2n) is 6.40. The maximum atomic E-state index is 13.0. The van der Waals surface area contributed by atoms with Gasteiger partial charge in [0.05, 0.1) is 6.10 Å². The highest BCUT2D eigenvalue weighted by Crippen LogP contribution is 2.40. The van der Waals surface area contributed by atoms with Crippen LogP contribution in [-0.4, -0.2) is 12.7 Å². The lowest BCUT2D eigenvalue weighted by molar-refractivity contribution is 0.181. The predicted molar refractivity (Wildman–Crippen MR) is 90.9 cm³/mol. The van der Waals surface area contributed by atoms with Crippen molar-refractivity contribution >= 4 is 30.9 Å². The molecule has 0 bridgehead atoms. The number of hydrogen-bond acceptors (Lipinski definition) is 1. The second-order valence-corrected chi connectivity index (χ2v) is 12.2. The lowest BCUT2D eigenvalue weighted by atomic mass is 10.1. The molecule has 108 valence electrons. The smallest absolute Gasteiger partial charge is 0.192 e. The van der Waals surface area contributed by atoms with E-state index in [1.54, 1.807) is 0 Å². The average molecular weight is 394 g/mol. The Kier molecular flexibility index (Phi) is 6.01. The third-order valence-electron chi connectivity index (χ3n) is 3.86. The number of halogens is 2. The Labute approximate surface area is 131 Å². The molecule has 0 aromatic heterocycles. The van der Waals surface area contributed by atoms with Crippen molar-refractivity contribution in [2.45, 2.75) is 51.4 Å². The Morgan fingerprint density at radius 3 is 2.16 bits per heavy atom. The minimum absolute atomic E-state index is 0.0818. The minimum atomic E-state index is -1.80. The van der Waals surface area contributed by atoms with E-state index in [1.807, 2.05) is 12.1 Å². The van der Waals surface area contributed by atoms with E-state index in [0.29, 0.717) is 0 Å². The SMILES string of the molecule is CC(C)(C)[Si](C)(C)O[C@@H](CCI)c1ccc(F)cc1. The summed E-state index contributed by atoms with van der Waals surface area (Å²) in [4.78, 5) is 0. The molecule has 0 amide bonds. The first-order chi connectivity index (χ1) is 8.67. The minimum Gasteiger partial charge on any atom is -0.410 e. The van der Waals surface area contributed by atoms with E-state index in [0.717, 1.165) is 16.4 Å². The van der Waals surface area contributed by atoms with Gasteiger partial charge < -0.3 is 4.43 Å². The molecule has 1 atom stereocenters. The topological polar surface area (TPSA) is 9.23 Å². The van der Waals surface area contributed by atoms with Crippen LogP contribution in [0.15, 0.2) is 24.3 Å². The maximum absolute atomic E-state index is 13.0. The van der Waals surface area contributed by atoms with Crippen molar-refractivity contribution in [3.63, 3.8) is 0 Å².